The van der Waals surface area contributed by atoms with Crippen LogP contribution in [0, 0.1) is 0 Å². The molecule has 0 bridgehead atoms. The molecule has 0 radical (unpaired) electrons. The zero-order valence-electron chi connectivity index (χ0n) is 6.86. The molecular formula is C7H4F6OS. The molecule has 0 fully saturated rings. The average Bonchev–Trinajstić information content (AvgIpc) is 2.53. The van der Waals surface area contributed by atoms with Crippen LogP contribution in [-0.4, -0.2) is 17.1 Å². The van der Waals surface area contributed by atoms with Crippen molar-refractivity contribution in [3.8, 4) is 0 Å². The first-order valence-electron chi connectivity index (χ1n) is 3.50. The van der Waals surface area contributed by atoms with Gasteiger partial charge in [0.2, 0.25) is 0 Å². The molecule has 15 heavy (non-hydrogen) atoms. The van der Waals surface area contributed by atoms with Crippen molar-refractivity contribution in [2.24, 2.45) is 0 Å². The van der Waals surface area contributed by atoms with Crippen LogP contribution < -0.4 is 0 Å². The first kappa shape index (κ1) is 12.3. The maximum Gasteiger partial charge on any atom is 0.423 e. The zero-order valence-corrected chi connectivity index (χ0v) is 7.67. The van der Waals surface area contributed by atoms with E-state index >= 15 is 0 Å². The summed E-state index contributed by atoms with van der Waals surface area (Å²) in [5.41, 5.74) is 0. The summed E-state index contributed by atoms with van der Waals surface area (Å²) in [6, 6.07) is 1.60. The van der Waals surface area contributed by atoms with Crippen LogP contribution in [0.3, 0.4) is 0 Å². The van der Waals surface area contributed by atoms with Crippen LogP contribution in [0.1, 0.15) is 4.88 Å². The zero-order chi connectivity index (χ0) is 11.9. The van der Waals surface area contributed by atoms with Crippen molar-refractivity contribution in [2.45, 2.75) is 18.0 Å². The fourth-order valence-corrected chi connectivity index (χ4v) is 1.54. The number of alkyl halides is 6. The van der Waals surface area contributed by atoms with E-state index in [-0.39, 0.29) is 11.3 Å². The molecule has 0 aliphatic rings. The molecule has 1 N–H and O–H groups in total. The molecule has 8 heteroatoms. The van der Waals surface area contributed by atoms with Crippen LogP contribution in [0.2, 0.25) is 0 Å². The molecular weight excluding hydrogens is 246 g/mol. The van der Waals surface area contributed by atoms with Gasteiger partial charge in [-0.2, -0.15) is 26.3 Å². The number of halogens is 6. The average molecular weight is 250 g/mol. The number of aliphatic hydroxyl groups is 1. The summed E-state index contributed by atoms with van der Waals surface area (Å²) in [7, 11) is 0. The second kappa shape index (κ2) is 3.38. The first-order chi connectivity index (χ1) is 6.61. The quantitative estimate of drug-likeness (QED) is 0.817. The van der Waals surface area contributed by atoms with Crippen LogP contribution in [-0.2, 0) is 5.92 Å². The maximum atomic E-state index is 12.9. The Hall–Kier alpha value is -0.760. The lowest BCUT2D eigenvalue weighted by Crippen LogP contribution is -2.52. The van der Waals surface area contributed by atoms with Crippen LogP contribution in [0.5, 0.6) is 0 Å². The highest BCUT2D eigenvalue weighted by atomic mass is 32.1. The lowest BCUT2D eigenvalue weighted by Gasteiger charge is -2.28. The predicted octanol–water partition coefficient (Wildman–Crippen LogP) is 3.06. The van der Waals surface area contributed by atoms with E-state index in [1.807, 2.05) is 0 Å². The summed E-state index contributed by atoms with van der Waals surface area (Å²) in [5.74, 6) is -11.0. The van der Waals surface area contributed by atoms with E-state index in [0.717, 1.165) is 11.4 Å². The smallest absolute Gasteiger partial charge is 0.331 e. The molecule has 0 amide bonds. The van der Waals surface area contributed by atoms with Gasteiger partial charge in [0.1, 0.15) is 0 Å². The van der Waals surface area contributed by atoms with E-state index in [4.69, 9.17) is 5.11 Å². The Labute approximate surface area is 84.0 Å². The van der Waals surface area contributed by atoms with Crippen molar-refractivity contribution in [1.82, 2.24) is 0 Å². The minimum absolute atomic E-state index is 0.198. The Balaban J connectivity index is 3.17. The molecule has 1 aromatic heterocycles. The lowest BCUT2D eigenvalue weighted by molar-refractivity contribution is -0.387. The molecule has 1 aromatic rings. The number of hydrogen-bond acceptors (Lipinski definition) is 2. The Morgan fingerprint density at radius 2 is 1.60 bits per heavy atom. The largest absolute Gasteiger partial charge is 0.423 e. The van der Waals surface area contributed by atoms with Gasteiger partial charge in [0.05, 0.1) is 4.88 Å². The molecule has 1 rings (SSSR count). The van der Waals surface area contributed by atoms with Crippen molar-refractivity contribution in [3.63, 3.8) is 0 Å². The molecule has 0 saturated heterocycles. The SMILES string of the molecule is OC(F)(F)C(F)(F)C(F)(F)c1cccs1. The summed E-state index contributed by atoms with van der Waals surface area (Å²) in [6.45, 7) is 0. The highest BCUT2D eigenvalue weighted by Gasteiger charge is 2.72. The summed E-state index contributed by atoms with van der Waals surface area (Å²) in [5, 5.41) is 8.76. The third kappa shape index (κ3) is 1.83. The van der Waals surface area contributed by atoms with Crippen molar-refractivity contribution < 1.29 is 31.4 Å². The van der Waals surface area contributed by atoms with Crippen LogP contribution in [0.25, 0.3) is 0 Å². The molecule has 0 spiro atoms. The summed E-state index contributed by atoms with van der Waals surface area (Å²) in [6.07, 6.45) is -5.78. The van der Waals surface area contributed by atoms with E-state index in [1.165, 1.54) is 0 Å². The summed E-state index contributed by atoms with van der Waals surface area (Å²) in [4.78, 5) is -1.23. The van der Waals surface area contributed by atoms with Gasteiger partial charge >= 0.3 is 18.0 Å². The van der Waals surface area contributed by atoms with Crippen molar-refractivity contribution >= 4 is 11.3 Å². The van der Waals surface area contributed by atoms with E-state index in [9.17, 15) is 26.3 Å². The Morgan fingerprint density at radius 1 is 1.07 bits per heavy atom. The molecule has 1 nitrogen and oxygen atoms in total. The fraction of sp³-hybridized carbons (Fsp3) is 0.429. The highest BCUT2D eigenvalue weighted by molar-refractivity contribution is 7.10. The molecule has 0 saturated carbocycles. The minimum atomic E-state index is -5.84. The van der Waals surface area contributed by atoms with Gasteiger partial charge in [0.25, 0.3) is 0 Å². The summed E-state index contributed by atoms with van der Waals surface area (Å²) >= 11 is 0.198. The Bertz CT molecular complexity index is 328. The molecule has 1 heterocycles. The molecule has 0 aliphatic heterocycles. The second-order valence-corrected chi connectivity index (χ2v) is 3.62. The summed E-state index contributed by atoms with van der Waals surface area (Å²) < 4.78 is 74.7. The van der Waals surface area contributed by atoms with E-state index in [1.54, 1.807) is 0 Å². The highest BCUT2D eigenvalue weighted by Crippen LogP contribution is 2.51. The van der Waals surface area contributed by atoms with Crippen LogP contribution >= 0.6 is 11.3 Å². The van der Waals surface area contributed by atoms with Gasteiger partial charge < -0.3 is 5.11 Å². The van der Waals surface area contributed by atoms with Gasteiger partial charge in [-0.15, -0.1) is 11.3 Å². The first-order valence-corrected chi connectivity index (χ1v) is 4.38. The monoisotopic (exact) mass is 250 g/mol. The molecule has 86 valence electrons. The third-order valence-corrected chi connectivity index (χ3v) is 2.54. The molecule has 0 aromatic carbocycles. The van der Waals surface area contributed by atoms with Gasteiger partial charge in [-0.3, -0.25) is 0 Å². The lowest BCUT2D eigenvalue weighted by atomic mass is 10.1. The van der Waals surface area contributed by atoms with Gasteiger partial charge in [-0.1, -0.05) is 6.07 Å². The van der Waals surface area contributed by atoms with Crippen molar-refractivity contribution in [2.75, 3.05) is 0 Å². The van der Waals surface area contributed by atoms with Crippen molar-refractivity contribution in [3.05, 3.63) is 22.4 Å². The van der Waals surface area contributed by atoms with Crippen LogP contribution in [0.15, 0.2) is 17.5 Å². The van der Waals surface area contributed by atoms with Gasteiger partial charge in [-0.25, -0.2) is 0 Å². The number of hydrogen-bond donors (Lipinski definition) is 1. The second-order valence-electron chi connectivity index (χ2n) is 2.67. The van der Waals surface area contributed by atoms with Gasteiger partial charge in [-0.05, 0) is 11.4 Å². The predicted molar refractivity (Wildman–Crippen MR) is 40.3 cm³/mol. The molecule has 0 unspecified atom stereocenters. The third-order valence-electron chi connectivity index (χ3n) is 1.60. The minimum Gasteiger partial charge on any atom is -0.331 e. The van der Waals surface area contributed by atoms with Gasteiger partial charge in [0, 0.05) is 0 Å². The molecule has 0 aliphatic carbocycles. The number of rotatable bonds is 3. The Morgan fingerprint density at radius 3 is 1.93 bits per heavy atom. The normalized spacial score (nSPS) is 14.3. The standard InChI is InChI=1S/C7H4F6OS/c8-5(9,4-2-1-3-15-4)6(10,11)7(12,13)14/h1-3,14H. The van der Waals surface area contributed by atoms with E-state index < -0.39 is 22.8 Å². The maximum absolute atomic E-state index is 12.9. The number of thiophene rings is 1. The Kier molecular flexibility index (Phi) is 2.77. The van der Waals surface area contributed by atoms with Gasteiger partial charge in [0.15, 0.2) is 0 Å². The molecule has 0 atom stereocenters. The van der Waals surface area contributed by atoms with E-state index in [0.29, 0.717) is 6.07 Å². The topological polar surface area (TPSA) is 20.2 Å². The van der Waals surface area contributed by atoms with Crippen molar-refractivity contribution in [1.29, 1.82) is 0 Å². The van der Waals surface area contributed by atoms with Crippen LogP contribution in [0.4, 0.5) is 26.3 Å². The van der Waals surface area contributed by atoms with E-state index in [2.05, 4.69) is 0 Å². The fourth-order valence-electron chi connectivity index (χ4n) is 0.801.